The second kappa shape index (κ2) is 10.3. The Hall–Kier alpha value is -1.55. The van der Waals surface area contributed by atoms with Crippen molar-refractivity contribution in [1.29, 1.82) is 0 Å². The van der Waals surface area contributed by atoms with Crippen molar-refractivity contribution < 1.29 is 4.74 Å². The Morgan fingerprint density at radius 1 is 1.20 bits per heavy atom. The minimum Gasteiger partial charge on any atom is -0.375 e. The number of nitrogens with one attached hydrogen (secondary N) is 2. The highest BCUT2D eigenvalue weighted by molar-refractivity contribution is 5.79. The Morgan fingerprint density at radius 2 is 1.95 bits per heavy atom. The second-order valence-electron chi connectivity index (χ2n) is 4.72. The lowest BCUT2D eigenvalue weighted by molar-refractivity contribution is 0.106. The van der Waals surface area contributed by atoms with Crippen LogP contribution in [0.4, 0.5) is 0 Å². The van der Waals surface area contributed by atoms with Gasteiger partial charge in [-0.25, -0.2) is 0 Å². The van der Waals surface area contributed by atoms with E-state index in [1.54, 1.807) is 14.2 Å². The molecule has 0 spiro atoms. The molecule has 0 radical (unpaired) electrons. The molecule has 1 unspecified atom stereocenters. The van der Waals surface area contributed by atoms with Crippen LogP contribution >= 0.6 is 0 Å². The zero-order valence-corrected chi connectivity index (χ0v) is 12.9. The fraction of sp³-hybridized carbons (Fsp3) is 0.562. The van der Waals surface area contributed by atoms with Gasteiger partial charge in [-0.3, -0.25) is 4.99 Å². The van der Waals surface area contributed by atoms with Crippen molar-refractivity contribution in [3.05, 3.63) is 35.9 Å². The molecule has 1 aromatic carbocycles. The number of hydrogen-bond acceptors (Lipinski definition) is 2. The smallest absolute Gasteiger partial charge is 0.191 e. The molecule has 4 heteroatoms. The van der Waals surface area contributed by atoms with Crippen molar-refractivity contribution in [3.8, 4) is 0 Å². The molecule has 0 bridgehead atoms. The van der Waals surface area contributed by atoms with E-state index in [4.69, 9.17) is 4.74 Å². The van der Waals surface area contributed by atoms with Gasteiger partial charge in [0, 0.05) is 27.2 Å². The summed E-state index contributed by atoms with van der Waals surface area (Å²) >= 11 is 0. The Morgan fingerprint density at radius 3 is 2.55 bits per heavy atom. The molecule has 0 amide bonds. The molecule has 0 aliphatic heterocycles. The number of benzene rings is 1. The number of aliphatic imine (C=N–C) groups is 1. The molecule has 1 aromatic rings. The molecule has 0 saturated carbocycles. The molecule has 112 valence electrons. The van der Waals surface area contributed by atoms with Gasteiger partial charge in [-0.05, 0) is 12.0 Å². The quantitative estimate of drug-likeness (QED) is 0.436. The lowest BCUT2D eigenvalue weighted by Crippen LogP contribution is -2.40. The SMILES string of the molecule is CCCCCNC(=NC)NCC(OC)c1ccccc1. The summed E-state index contributed by atoms with van der Waals surface area (Å²) in [6.45, 7) is 3.86. The Balaban J connectivity index is 2.38. The van der Waals surface area contributed by atoms with Crippen LogP contribution in [0.15, 0.2) is 35.3 Å². The zero-order chi connectivity index (χ0) is 14.6. The van der Waals surface area contributed by atoms with E-state index in [-0.39, 0.29) is 6.10 Å². The number of hydrogen-bond donors (Lipinski definition) is 2. The number of rotatable bonds is 8. The van der Waals surface area contributed by atoms with E-state index in [0.717, 1.165) is 12.5 Å². The Kier molecular flexibility index (Phi) is 8.47. The van der Waals surface area contributed by atoms with Crippen molar-refractivity contribution in [2.45, 2.75) is 32.3 Å². The first-order chi connectivity index (χ1) is 9.81. The first kappa shape index (κ1) is 16.5. The van der Waals surface area contributed by atoms with Crippen molar-refractivity contribution in [2.24, 2.45) is 4.99 Å². The van der Waals surface area contributed by atoms with Crippen LogP contribution in [0.1, 0.15) is 37.9 Å². The van der Waals surface area contributed by atoms with Gasteiger partial charge in [0.2, 0.25) is 0 Å². The highest BCUT2D eigenvalue weighted by atomic mass is 16.5. The molecule has 20 heavy (non-hydrogen) atoms. The van der Waals surface area contributed by atoms with Crippen LogP contribution in [-0.4, -0.2) is 33.2 Å². The molecular weight excluding hydrogens is 250 g/mol. The summed E-state index contributed by atoms with van der Waals surface area (Å²) in [6, 6.07) is 10.2. The molecular formula is C16H27N3O. The maximum absolute atomic E-state index is 5.53. The molecule has 0 aromatic heterocycles. The first-order valence-electron chi connectivity index (χ1n) is 7.34. The van der Waals surface area contributed by atoms with Crippen LogP contribution in [0.25, 0.3) is 0 Å². The number of nitrogens with zero attached hydrogens (tertiary/aromatic N) is 1. The third-order valence-electron chi connectivity index (χ3n) is 3.21. The highest BCUT2D eigenvalue weighted by Gasteiger charge is 2.10. The van der Waals surface area contributed by atoms with E-state index in [2.05, 4.69) is 34.7 Å². The highest BCUT2D eigenvalue weighted by Crippen LogP contribution is 2.14. The molecule has 0 fully saturated rings. The molecule has 0 heterocycles. The molecule has 0 aliphatic carbocycles. The first-order valence-corrected chi connectivity index (χ1v) is 7.34. The Labute approximate surface area is 122 Å². The number of ether oxygens (including phenoxy) is 1. The predicted octanol–water partition coefficient (Wildman–Crippen LogP) is 2.73. The lowest BCUT2D eigenvalue weighted by atomic mass is 10.1. The van der Waals surface area contributed by atoms with Gasteiger partial charge in [0.05, 0.1) is 6.10 Å². The maximum atomic E-state index is 5.53. The molecule has 0 saturated heterocycles. The molecule has 0 aliphatic rings. The van der Waals surface area contributed by atoms with E-state index >= 15 is 0 Å². The number of guanidine groups is 1. The average Bonchev–Trinajstić information content (AvgIpc) is 2.51. The lowest BCUT2D eigenvalue weighted by Gasteiger charge is -2.18. The van der Waals surface area contributed by atoms with Crippen LogP contribution in [0.2, 0.25) is 0 Å². The van der Waals surface area contributed by atoms with Gasteiger partial charge in [0.15, 0.2) is 5.96 Å². The molecule has 4 nitrogen and oxygen atoms in total. The summed E-state index contributed by atoms with van der Waals surface area (Å²) in [4.78, 5) is 4.22. The van der Waals surface area contributed by atoms with Crippen LogP contribution in [0.5, 0.6) is 0 Å². The van der Waals surface area contributed by atoms with E-state index in [1.807, 2.05) is 18.2 Å². The summed E-state index contributed by atoms with van der Waals surface area (Å²) in [5, 5.41) is 6.63. The third kappa shape index (κ3) is 6.06. The largest absolute Gasteiger partial charge is 0.375 e. The molecule has 2 N–H and O–H groups in total. The van der Waals surface area contributed by atoms with E-state index in [0.29, 0.717) is 6.54 Å². The van der Waals surface area contributed by atoms with Crippen molar-refractivity contribution in [1.82, 2.24) is 10.6 Å². The zero-order valence-electron chi connectivity index (χ0n) is 12.9. The van der Waals surface area contributed by atoms with Crippen molar-refractivity contribution >= 4 is 5.96 Å². The average molecular weight is 277 g/mol. The van der Waals surface area contributed by atoms with Crippen molar-refractivity contribution in [3.63, 3.8) is 0 Å². The van der Waals surface area contributed by atoms with Gasteiger partial charge in [-0.2, -0.15) is 0 Å². The van der Waals surface area contributed by atoms with E-state index < -0.39 is 0 Å². The standard InChI is InChI=1S/C16H27N3O/c1-4-5-9-12-18-16(17-2)19-13-15(20-3)14-10-7-6-8-11-14/h6-8,10-11,15H,4-5,9,12-13H2,1-3H3,(H2,17,18,19). The Bertz CT molecular complexity index is 379. The topological polar surface area (TPSA) is 45.7 Å². The fourth-order valence-corrected chi connectivity index (χ4v) is 2.00. The predicted molar refractivity (Wildman–Crippen MR) is 85.1 cm³/mol. The maximum Gasteiger partial charge on any atom is 0.191 e. The van der Waals surface area contributed by atoms with Crippen LogP contribution in [0, 0.1) is 0 Å². The van der Waals surface area contributed by atoms with Gasteiger partial charge in [-0.15, -0.1) is 0 Å². The minimum absolute atomic E-state index is 0.0328. The van der Waals surface area contributed by atoms with Gasteiger partial charge in [0.25, 0.3) is 0 Å². The summed E-state index contributed by atoms with van der Waals surface area (Å²) in [6.07, 6.45) is 3.68. The molecule has 1 rings (SSSR count). The van der Waals surface area contributed by atoms with E-state index in [9.17, 15) is 0 Å². The van der Waals surface area contributed by atoms with Crippen LogP contribution < -0.4 is 10.6 Å². The molecule has 1 atom stereocenters. The second-order valence-corrected chi connectivity index (χ2v) is 4.72. The summed E-state index contributed by atoms with van der Waals surface area (Å²) in [5.41, 5.74) is 1.17. The number of unbranched alkanes of at least 4 members (excludes halogenated alkanes) is 2. The number of methoxy groups -OCH3 is 1. The van der Waals surface area contributed by atoms with Gasteiger partial charge in [-0.1, -0.05) is 50.1 Å². The normalized spacial score (nSPS) is 13.1. The van der Waals surface area contributed by atoms with Gasteiger partial charge in [0.1, 0.15) is 0 Å². The van der Waals surface area contributed by atoms with Crippen LogP contribution in [-0.2, 0) is 4.74 Å². The van der Waals surface area contributed by atoms with Gasteiger partial charge < -0.3 is 15.4 Å². The summed E-state index contributed by atoms with van der Waals surface area (Å²) in [5.74, 6) is 0.832. The summed E-state index contributed by atoms with van der Waals surface area (Å²) in [7, 11) is 3.52. The van der Waals surface area contributed by atoms with Gasteiger partial charge >= 0.3 is 0 Å². The third-order valence-corrected chi connectivity index (χ3v) is 3.21. The fourth-order valence-electron chi connectivity index (χ4n) is 2.00. The van der Waals surface area contributed by atoms with Crippen molar-refractivity contribution in [2.75, 3.05) is 27.2 Å². The van der Waals surface area contributed by atoms with Crippen LogP contribution in [0.3, 0.4) is 0 Å². The summed E-state index contributed by atoms with van der Waals surface area (Å²) < 4.78 is 5.53. The monoisotopic (exact) mass is 277 g/mol. The van der Waals surface area contributed by atoms with E-state index in [1.165, 1.54) is 24.8 Å². The minimum atomic E-state index is 0.0328.